The summed E-state index contributed by atoms with van der Waals surface area (Å²) in [6, 6.07) is 3.72. The van der Waals surface area contributed by atoms with E-state index in [0.717, 1.165) is 18.9 Å². The summed E-state index contributed by atoms with van der Waals surface area (Å²) >= 11 is 3.29. The summed E-state index contributed by atoms with van der Waals surface area (Å²) in [5.41, 5.74) is -0.201. The predicted octanol–water partition coefficient (Wildman–Crippen LogP) is 3.99. The van der Waals surface area contributed by atoms with Crippen LogP contribution in [0.4, 0.5) is 8.78 Å². The molecule has 1 amide bonds. The van der Waals surface area contributed by atoms with Gasteiger partial charge in [-0.25, -0.2) is 8.78 Å². The average Bonchev–Trinajstić information content (AvgIpc) is 2.41. The normalized spacial score (nSPS) is 10.8. The van der Waals surface area contributed by atoms with Gasteiger partial charge in [-0.15, -0.1) is 0 Å². The summed E-state index contributed by atoms with van der Waals surface area (Å²) in [6.07, 6.45) is 1.57. The van der Waals surface area contributed by atoms with E-state index in [1.165, 1.54) is 12.1 Å². The zero-order chi connectivity index (χ0) is 14.4. The SMILES string of the molecule is CCC(CC)N(CCBr)C(=O)c1cccc(F)c1F. The van der Waals surface area contributed by atoms with Crippen molar-refractivity contribution >= 4 is 21.8 Å². The predicted molar refractivity (Wildman–Crippen MR) is 75.6 cm³/mol. The molecule has 0 N–H and O–H groups in total. The summed E-state index contributed by atoms with van der Waals surface area (Å²) in [5, 5.41) is 0.603. The van der Waals surface area contributed by atoms with E-state index >= 15 is 0 Å². The van der Waals surface area contributed by atoms with Gasteiger partial charge in [-0.3, -0.25) is 4.79 Å². The van der Waals surface area contributed by atoms with Gasteiger partial charge in [0.1, 0.15) is 0 Å². The van der Waals surface area contributed by atoms with Crippen LogP contribution in [0.1, 0.15) is 37.0 Å². The Kier molecular flexibility index (Phi) is 6.42. The fraction of sp³-hybridized carbons (Fsp3) is 0.500. The Bertz CT molecular complexity index is 435. The van der Waals surface area contributed by atoms with E-state index in [4.69, 9.17) is 0 Å². The first kappa shape index (κ1) is 16.1. The number of benzene rings is 1. The molecule has 0 aliphatic carbocycles. The zero-order valence-electron chi connectivity index (χ0n) is 11.1. The number of carbonyl (C=O) groups excluding carboxylic acids is 1. The first-order valence-electron chi connectivity index (χ1n) is 6.37. The number of rotatable bonds is 6. The van der Waals surface area contributed by atoms with Gasteiger partial charge in [0.15, 0.2) is 11.6 Å². The van der Waals surface area contributed by atoms with Crippen molar-refractivity contribution in [2.24, 2.45) is 0 Å². The number of alkyl halides is 1. The van der Waals surface area contributed by atoms with E-state index in [1.54, 1.807) is 4.90 Å². The molecule has 1 rings (SSSR count). The van der Waals surface area contributed by atoms with Crippen LogP contribution in [0.25, 0.3) is 0 Å². The molecule has 0 unspecified atom stereocenters. The van der Waals surface area contributed by atoms with Crippen LogP contribution in [-0.2, 0) is 0 Å². The van der Waals surface area contributed by atoms with Crippen molar-refractivity contribution in [3.63, 3.8) is 0 Å². The highest BCUT2D eigenvalue weighted by Gasteiger charge is 2.25. The van der Waals surface area contributed by atoms with Crippen molar-refractivity contribution in [1.29, 1.82) is 0 Å². The van der Waals surface area contributed by atoms with Gasteiger partial charge in [-0.2, -0.15) is 0 Å². The molecule has 0 spiro atoms. The van der Waals surface area contributed by atoms with E-state index in [-0.39, 0.29) is 11.6 Å². The first-order chi connectivity index (χ1) is 9.06. The second-order valence-corrected chi connectivity index (χ2v) is 5.05. The van der Waals surface area contributed by atoms with Crippen molar-refractivity contribution in [2.75, 3.05) is 11.9 Å². The Morgan fingerprint density at radius 1 is 1.32 bits per heavy atom. The number of nitrogens with zero attached hydrogens (tertiary/aromatic N) is 1. The largest absolute Gasteiger partial charge is 0.335 e. The monoisotopic (exact) mass is 333 g/mol. The molecule has 0 aliphatic rings. The Labute approximate surface area is 120 Å². The number of hydrogen-bond donors (Lipinski definition) is 0. The minimum Gasteiger partial charge on any atom is -0.335 e. The first-order valence-corrected chi connectivity index (χ1v) is 7.49. The standard InChI is InChI=1S/C14H18BrF2NO/c1-3-10(4-2)18(9-8-15)14(19)11-6-5-7-12(16)13(11)17/h5-7,10H,3-4,8-9H2,1-2H3. The van der Waals surface area contributed by atoms with Crippen LogP contribution < -0.4 is 0 Å². The topological polar surface area (TPSA) is 20.3 Å². The fourth-order valence-corrected chi connectivity index (χ4v) is 2.48. The van der Waals surface area contributed by atoms with Crippen molar-refractivity contribution in [1.82, 2.24) is 4.90 Å². The second-order valence-electron chi connectivity index (χ2n) is 4.26. The Morgan fingerprint density at radius 3 is 2.47 bits per heavy atom. The van der Waals surface area contributed by atoms with Crippen LogP contribution in [0.5, 0.6) is 0 Å². The minimum absolute atomic E-state index is 0.0349. The Balaban J connectivity index is 3.08. The van der Waals surface area contributed by atoms with Gasteiger partial charge in [0.25, 0.3) is 5.91 Å². The lowest BCUT2D eigenvalue weighted by atomic mass is 10.1. The van der Waals surface area contributed by atoms with Crippen molar-refractivity contribution in [2.45, 2.75) is 32.7 Å². The van der Waals surface area contributed by atoms with Gasteiger partial charge >= 0.3 is 0 Å². The van der Waals surface area contributed by atoms with E-state index < -0.39 is 17.5 Å². The molecule has 0 aromatic heterocycles. The van der Waals surface area contributed by atoms with Crippen LogP contribution in [0.3, 0.4) is 0 Å². The van der Waals surface area contributed by atoms with Crippen LogP contribution in [-0.4, -0.2) is 28.7 Å². The summed E-state index contributed by atoms with van der Waals surface area (Å²) in [6.45, 7) is 4.43. The molecule has 1 aromatic carbocycles. The molecule has 2 nitrogen and oxygen atoms in total. The molecular formula is C14H18BrF2NO. The van der Waals surface area contributed by atoms with Gasteiger partial charge in [0.2, 0.25) is 0 Å². The van der Waals surface area contributed by atoms with Gasteiger partial charge in [-0.1, -0.05) is 35.8 Å². The smallest absolute Gasteiger partial charge is 0.257 e. The molecule has 5 heteroatoms. The van der Waals surface area contributed by atoms with Crippen molar-refractivity contribution < 1.29 is 13.6 Å². The lowest BCUT2D eigenvalue weighted by Crippen LogP contribution is -2.41. The van der Waals surface area contributed by atoms with E-state index in [1.807, 2.05) is 13.8 Å². The average molecular weight is 334 g/mol. The van der Waals surface area contributed by atoms with Crippen molar-refractivity contribution in [3.8, 4) is 0 Å². The molecule has 1 aromatic rings. The molecule has 0 saturated heterocycles. The van der Waals surface area contributed by atoms with Crippen LogP contribution >= 0.6 is 15.9 Å². The molecule has 0 fully saturated rings. The number of carbonyl (C=O) groups is 1. The highest BCUT2D eigenvalue weighted by atomic mass is 79.9. The molecule has 0 heterocycles. The maximum absolute atomic E-state index is 13.7. The van der Waals surface area contributed by atoms with Gasteiger partial charge in [-0.05, 0) is 25.0 Å². The molecule has 106 valence electrons. The third kappa shape index (κ3) is 3.75. The van der Waals surface area contributed by atoms with E-state index in [2.05, 4.69) is 15.9 Å². The van der Waals surface area contributed by atoms with Crippen molar-refractivity contribution in [3.05, 3.63) is 35.4 Å². The van der Waals surface area contributed by atoms with E-state index in [0.29, 0.717) is 11.9 Å². The molecular weight excluding hydrogens is 316 g/mol. The molecule has 0 bridgehead atoms. The third-order valence-corrected chi connectivity index (χ3v) is 3.51. The maximum Gasteiger partial charge on any atom is 0.257 e. The molecule has 0 atom stereocenters. The minimum atomic E-state index is -1.07. The number of amides is 1. The summed E-state index contributed by atoms with van der Waals surface area (Å²) in [5.74, 6) is -2.52. The summed E-state index contributed by atoms with van der Waals surface area (Å²) in [4.78, 5) is 14.0. The van der Waals surface area contributed by atoms with Gasteiger partial charge in [0.05, 0.1) is 5.56 Å². The molecule has 0 aliphatic heterocycles. The van der Waals surface area contributed by atoms with Crippen LogP contribution in [0.2, 0.25) is 0 Å². The Morgan fingerprint density at radius 2 is 1.95 bits per heavy atom. The number of halogens is 3. The van der Waals surface area contributed by atoms with Crippen LogP contribution in [0, 0.1) is 11.6 Å². The molecule has 0 radical (unpaired) electrons. The highest BCUT2D eigenvalue weighted by Crippen LogP contribution is 2.18. The van der Waals surface area contributed by atoms with Gasteiger partial charge < -0.3 is 4.90 Å². The summed E-state index contributed by atoms with van der Waals surface area (Å²) < 4.78 is 26.9. The quantitative estimate of drug-likeness (QED) is 0.721. The lowest BCUT2D eigenvalue weighted by molar-refractivity contribution is 0.0677. The lowest BCUT2D eigenvalue weighted by Gasteiger charge is -2.30. The summed E-state index contributed by atoms with van der Waals surface area (Å²) in [7, 11) is 0. The van der Waals surface area contributed by atoms with E-state index in [9.17, 15) is 13.6 Å². The molecule has 19 heavy (non-hydrogen) atoms. The zero-order valence-corrected chi connectivity index (χ0v) is 12.7. The molecule has 0 saturated carbocycles. The third-order valence-electron chi connectivity index (χ3n) is 3.15. The highest BCUT2D eigenvalue weighted by molar-refractivity contribution is 9.09. The van der Waals surface area contributed by atoms with Crippen LogP contribution in [0.15, 0.2) is 18.2 Å². The Hall–Kier alpha value is -0.970. The maximum atomic E-state index is 13.7. The second kappa shape index (κ2) is 7.58. The van der Waals surface area contributed by atoms with Gasteiger partial charge in [0, 0.05) is 17.9 Å². The number of hydrogen-bond acceptors (Lipinski definition) is 1. The fourth-order valence-electron chi connectivity index (χ4n) is 2.09.